The second-order valence-corrected chi connectivity index (χ2v) is 3.63. The molecular weight excluding hydrogens is 247 g/mol. The molecule has 0 saturated heterocycles. The van der Waals surface area contributed by atoms with Crippen LogP contribution in [0.1, 0.15) is 17.2 Å². The largest absolute Gasteiger partial charge is 0.388 e. The molecule has 0 radical (unpaired) electrons. The van der Waals surface area contributed by atoms with Crippen LogP contribution in [0.25, 0.3) is 0 Å². The maximum Gasteiger partial charge on any atom is 0.128 e. The molecule has 1 aromatic carbocycles. The third-order valence-electron chi connectivity index (χ3n) is 2.36. The monoisotopic (exact) mass is 260 g/mol. The minimum atomic E-state index is -1.13. The lowest BCUT2D eigenvalue weighted by atomic mass is 9.97. The molecule has 0 heterocycles. The zero-order valence-electron chi connectivity index (χ0n) is 8.95. The molecule has 2 atom stereocenters. The highest BCUT2D eigenvalue weighted by Gasteiger charge is 2.19. The molecule has 0 fully saturated rings. The van der Waals surface area contributed by atoms with E-state index in [-0.39, 0.29) is 6.61 Å². The lowest BCUT2D eigenvalue weighted by molar-refractivity contribution is -0.199. The number of aldehydes is 1. The Morgan fingerprint density at radius 2 is 2.06 bits per heavy atom. The van der Waals surface area contributed by atoms with Gasteiger partial charge in [-0.3, -0.25) is 4.39 Å². The number of rotatable bonds is 7. The van der Waals surface area contributed by atoms with Crippen LogP contribution in [0.2, 0.25) is 0 Å². The fourth-order valence-corrected chi connectivity index (χ4v) is 1.40. The molecule has 4 nitrogen and oxygen atoms in total. The van der Waals surface area contributed by atoms with E-state index in [0.29, 0.717) is 11.8 Å². The maximum absolute atomic E-state index is 12.4. The molecule has 94 valence electrons. The third-order valence-corrected chi connectivity index (χ3v) is 2.46. The zero-order chi connectivity index (χ0) is 12.7. The van der Waals surface area contributed by atoms with Crippen LogP contribution in [0.4, 0.5) is 4.39 Å². The highest BCUT2D eigenvalue weighted by Crippen LogP contribution is 2.21. The predicted octanol–water partition coefficient (Wildman–Crippen LogP) is 1.80. The Hall–Kier alpha value is -0.950. The van der Waals surface area contributed by atoms with Gasteiger partial charge in [-0.05, 0) is 11.1 Å². The first-order valence-electron chi connectivity index (χ1n) is 4.94. The summed E-state index contributed by atoms with van der Waals surface area (Å²) in [5, 5.41) is 9.71. The zero-order valence-corrected chi connectivity index (χ0v) is 9.85. The fraction of sp³-hybridized carbons (Fsp3) is 0.364. The summed E-state index contributed by atoms with van der Waals surface area (Å²) >= 11 is 3.41. The number of thiol groups is 1. The molecule has 0 spiro atoms. The quantitative estimate of drug-likeness (QED) is 0.258. The van der Waals surface area contributed by atoms with E-state index in [2.05, 4.69) is 22.1 Å². The van der Waals surface area contributed by atoms with E-state index in [1.54, 1.807) is 24.3 Å². The molecule has 1 rings (SSSR count). The van der Waals surface area contributed by atoms with Crippen LogP contribution in [0.15, 0.2) is 24.3 Å². The smallest absolute Gasteiger partial charge is 0.128 e. The number of hydrogen-bond acceptors (Lipinski definition) is 5. The van der Waals surface area contributed by atoms with Gasteiger partial charge in [-0.1, -0.05) is 24.3 Å². The second kappa shape index (κ2) is 7.39. The molecule has 1 N–H and O–H groups in total. The topological polar surface area (TPSA) is 55.8 Å². The SMILES string of the molecule is O=C[C@H](CF)[C@H](O)c1ccc(COOS)cc1. The molecule has 0 unspecified atom stereocenters. The average Bonchev–Trinajstić information content (AvgIpc) is 2.38. The van der Waals surface area contributed by atoms with Crippen molar-refractivity contribution in [3.63, 3.8) is 0 Å². The summed E-state index contributed by atoms with van der Waals surface area (Å²) in [5.41, 5.74) is 1.29. The first kappa shape index (κ1) is 14.1. The number of hydrogen-bond donors (Lipinski definition) is 2. The van der Waals surface area contributed by atoms with Gasteiger partial charge in [-0.25, -0.2) is 4.89 Å². The normalized spacial score (nSPS) is 14.3. The molecule has 0 amide bonds. The van der Waals surface area contributed by atoms with E-state index >= 15 is 0 Å². The molecule has 0 aliphatic carbocycles. The van der Waals surface area contributed by atoms with Crippen LogP contribution in [0.3, 0.4) is 0 Å². The van der Waals surface area contributed by atoms with E-state index in [9.17, 15) is 14.3 Å². The molecular formula is C11H13FO4S. The third kappa shape index (κ3) is 4.08. The Morgan fingerprint density at radius 1 is 1.41 bits per heavy atom. The van der Waals surface area contributed by atoms with E-state index in [0.717, 1.165) is 5.56 Å². The molecule has 0 aliphatic heterocycles. The van der Waals surface area contributed by atoms with Gasteiger partial charge in [0.25, 0.3) is 0 Å². The van der Waals surface area contributed by atoms with Crippen molar-refractivity contribution >= 4 is 19.2 Å². The van der Waals surface area contributed by atoms with Crippen LogP contribution in [0, 0.1) is 5.92 Å². The Bertz CT molecular complexity index is 344. The lowest BCUT2D eigenvalue weighted by Gasteiger charge is -2.15. The Balaban J connectivity index is 2.69. The van der Waals surface area contributed by atoms with Gasteiger partial charge in [0, 0.05) is 12.9 Å². The van der Waals surface area contributed by atoms with Gasteiger partial charge in [-0.2, -0.15) is 4.33 Å². The highest BCUT2D eigenvalue weighted by atomic mass is 32.1. The minimum absolute atomic E-state index is 0.208. The number of alkyl halides is 1. The van der Waals surface area contributed by atoms with Crippen molar-refractivity contribution < 1.29 is 23.5 Å². The molecule has 0 bridgehead atoms. The van der Waals surface area contributed by atoms with Gasteiger partial charge in [-0.15, -0.1) is 0 Å². The number of aliphatic hydroxyl groups excluding tert-OH is 1. The Kier molecular flexibility index (Phi) is 6.13. The predicted molar refractivity (Wildman–Crippen MR) is 61.8 cm³/mol. The van der Waals surface area contributed by atoms with Crippen LogP contribution in [-0.2, 0) is 20.6 Å². The average molecular weight is 260 g/mol. The van der Waals surface area contributed by atoms with Crippen molar-refractivity contribution in [3.8, 4) is 0 Å². The van der Waals surface area contributed by atoms with Crippen molar-refractivity contribution in [3.05, 3.63) is 35.4 Å². The summed E-state index contributed by atoms with van der Waals surface area (Å²) in [6.07, 6.45) is -0.718. The highest BCUT2D eigenvalue weighted by molar-refractivity contribution is 7.74. The molecule has 0 aliphatic rings. The first-order valence-corrected chi connectivity index (χ1v) is 5.30. The fourth-order valence-electron chi connectivity index (χ4n) is 1.35. The first-order chi connectivity index (χ1) is 8.22. The summed E-state index contributed by atoms with van der Waals surface area (Å²) < 4.78 is 16.5. The number of halogens is 1. The van der Waals surface area contributed by atoms with Gasteiger partial charge in [0.1, 0.15) is 19.6 Å². The molecule has 6 heteroatoms. The van der Waals surface area contributed by atoms with Crippen molar-refractivity contribution in [2.75, 3.05) is 6.67 Å². The molecule has 0 aromatic heterocycles. The van der Waals surface area contributed by atoms with E-state index in [4.69, 9.17) is 0 Å². The number of carbonyl (C=O) groups is 1. The number of benzene rings is 1. The van der Waals surface area contributed by atoms with Crippen LogP contribution < -0.4 is 0 Å². The Labute approximate surface area is 104 Å². The number of carbonyl (C=O) groups excluding carboxylic acids is 1. The lowest BCUT2D eigenvalue weighted by Crippen LogP contribution is -2.16. The van der Waals surface area contributed by atoms with E-state index < -0.39 is 18.7 Å². The summed E-state index contributed by atoms with van der Waals surface area (Å²) in [6.45, 7) is -0.677. The minimum Gasteiger partial charge on any atom is -0.388 e. The van der Waals surface area contributed by atoms with Crippen LogP contribution in [0.5, 0.6) is 0 Å². The van der Waals surface area contributed by atoms with Crippen molar-refractivity contribution in [2.45, 2.75) is 12.7 Å². The second-order valence-electron chi connectivity index (χ2n) is 3.48. The van der Waals surface area contributed by atoms with Gasteiger partial charge in [0.2, 0.25) is 0 Å². The summed E-state index contributed by atoms with van der Waals surface area (Å²) in [6, 6.07) is 6.58. The van der Waals surface area contributed by atoms with Gasteiger partial charge in [0.15, 0.2) is 0 Å². The summed E-state index contributed by atoms with van der Waals surface area (Å²) in [5.74, 6) is -1.03. The maximum atomic E-state index is 12.4. The molecule has 1 aromatic rings. The summed E-state index contributed by atoms with van der Waals surface area (Å²) in [7, 11) is 0. The van der Waals surface area contributed by atoms with Gasteiger partial charge < -0.3 is 9.90 Å². The summed E-state index contributed by atoms with van der Waals surface area (Å²) in [4.78, 5) is 15.1. The molecule has 17 heavy (non-hydrogen) atoms. The van der Waals surface area contributed by atoms with Crippen LogP contribution >= 0.6 is 12.9 Å². The van der Waals surface area contributed by atoms with Gasteiger partial charge in [0.05, 0.1) is 12.0 Å². The molecule has 0 saturated carbocycles. The van der Waals surface area contributed by atoms with Gasteiger partial charge >= 0.3 is 0 Å². The standard InChI is InChI=1S/C11H13FO4S/c12-5-10(6-13)11(14)9-3-1-8(2-4-9)7-15-16-17/h1-4,6,10-11,14,17H,5,7H2/t10-,11+/m0/s1. The van der Waals surface area contributed by atoms with E-state index in [1.165, 1.54) is 0 Å². The number of aliphatic hydroxyl groups is 1. The van der Waals surface area contributed by atoms with Crippen molar-refractivity contribution in [2.24, 2.45) is 5.92 Å². The van der Waals surface area contributed by atoms with Crippen molar-refractivity contribution in [1.82, 2.24) is 0 Å². The van der Waals surface area contributed by atoms with E-state index in [1.807, 2.05) is 0 Å². The Morgan fingerprint density at radius 3 is 2.53 bits per heavy atom. The van der Waals surface area contributed by atoms with Crippen molar-refractivity contribution in [1.29, 1.82) is 0 Å². The van der Waals surface area contributed by atoms with Crippen LogP contribution in [-0.4, -0.2) is 18.1 Å².